The summed E-state index contributed by atoms with van der Waals surface area (Å²) in [5.74, 6) is 1.73. The van der Waals surface area contributed by atoms with E-state index in [1.165, 1.54) is 0 Å². The van der Waals surface area contributed by atoms with Gasteiger partial charge in [0.05, 0.1) is 11.0 Å². The quantitative estimate of drug-likeness (QED) is 0.180. The van der Waals surface area contributed by atoms with Gasteiger partial charge in [-0.3, -0.25) is 9.13 Å². The molecule has 0 spiro atoms. The molecule has 252 valence electrons. The van der Waals surface area contributed by atoms with Crippen molar-refractivity contribution < 1.29 is 4.42 Å². The van der Waals surface area contributed by atoms with Crippen LogP contribution in [0.3, 0.4) is 0 Å². The number of aryl methyl sites for hydroxylation is 2. The fraction of sp³-hybridized carbons (Fsp3) is 0.0435. The SMILES string of the molecule is Cn1c(=O)n(C)c2cc(-c3cccc(-c4nc(-c5ccccc5)nc(-c5ccccc5-c5cccc6oc7ccc8ccccc8c7c56)n4)c3)ccc21. The highest BCUT2D eigenvalue weighted by molar-refractivity contribution is 6.23. The van der Waals surface area contributed by atoms with Crippen LogP contribution in [0.2, 0.25) is 0 Å². The normalized spacial score (nSPS) is 11.7. The summed E-state index contributed by atoms with van der Waals surface area (Å²) in [6.45, 7) is 0. The van der Waals surface area contributed by atoms with Crippen LogP contribution in [0.4, 0.5) is 0 Å². The van der Waals surface area contributed by atoms with E-state index in [2.05, 4.69) is 84.9 Å². The molecule has 0 atom stereocenters. The van der Waals surface area contributed by atoms with Crippen LogP contribution in [0, 0.1) is 0 Å². The van der Waals surface area contributed by atoms with Gasteiger partial charge in [-0.25, -0.2) is 19.7 Å². The smallest absolute Gasteiger partial charge is 0.328 e. The fourth-order valence-corrected chi connectivity index (χ4v) is 7.59. The second kappa shape index (κ2) is 12.0. The van der Waals surface area contributed by atoms with Crippen molar-refractivity contribution in [2.24, 2.45) is 14.1 Å². The van der Waals surface area contributed by atoms with E-state index in [0.29, 0.717) is 17.5 Å². The molecule has 10 aromatic rings. The molecule has 3 aromatic heterocycles. The molecular formula is C46H31N5O2. The van der Waals surface area contributed by atoms with E-state index in [1.807, 2.05) is 66.7 Å². The molecule has 10 rings (SSSR count). The van der Waals surface area contributed by atoms with Gasteiger partial charge in [0.1, 0.15) is 11.2 Å². The molecule has 7 aromatic carbocycles. The van der Waals surface area contributed by atoms with Crippen LogP contribution < -0.4 is 5.69 Å². The van der Waals surface area contributed by atoms with Crippen molar-refractivity contribution in [3.8, 4) is 56.4 Å². The van der Waals surface area contributed by atoms with E-state index in [9.17, 15) is 4.79 Å². The molecule has 0 aliphatic carbocycles. The number of hydrogen-bond donors (Lipinski definition) is 0. The van der Waals surface area contributed by atoms with Crippen LogP contribution >= 0.6 is 0 Å². The molecule has 0 amide bonds. The van der Waals surface area contributed by atoms with E-state index >= 15 is 0 Å². The number of aromatic nitrogens is 5. The van der Waals surface area contributed by atoms with Gasteiger partial charge in [-0.05, 0) is 63.4 Å². The van der Waals surface area contributed by atoms with Gasteiger partial charge in [-0.1, -0.05) is 121 Å². The van der Waals surface area contributed by atoms with Gasteiger partial charge in [0, 0.05) is 41.6 Å². The number of hydrogen-bond acceptors (Lipinski definition) is 5. The van der Waals surface area contributed by atoms with Gasteiger partial charge in [-0.15, -0.1) is 0 Å². The molecule has 7 nitrogen and oxygen atoms in total. The predicted molar refractivity (Wildman–Crippen MR) is 214 cm³/mol. The third-order valence-corrected chi connectivity index (χ3v) is 10.2. The fourth-order valence-electron chi connectivity index (χ4n) is 7.59. The zero-order valence-corrected chi connectivity index (χ0v) is 29.0. The topological polar surface area (TPSA) is 78.7 Å². The Morgan fingerprint density at radius 1 is 0.453 bits per heavy atom. The molecule has 0 fully saturated rings. The summed E-state index contributed by atoms with van der Waals surface area (Å²) >= 11 is 0. The molecule has 7 heteroatoms. The minimum absolute atomic E-state index is 0.0529. The van der Waals surface area contributed by atoms with Gasteiger partial charge < -0.3 is 4.42 Å². The van der Waals surface area contributed by atoms with Gasteiger partial charge in [-0.2, -0.15) is 0 Å². The summed E-state index contributed by atoms with van der Waals surface area (Å²) in [6.07, 6.45) is 0. The van der Waals surface area contributed by atoms with Gasteiger partial charge in [0.2, 0.25) is 0 Å². The standard InChI is InChI=1S/C46H31N5O2/c1-50-37-24-22-31(27-38(37)51(2)46(50)52)30-15-10-16-32(26-30)44-47-43(29-13-4-3-5-14-29)48-45(49-44)36-19-9-8-18-34(36)35-20-11-21-39-42(35)41-33-17-7-6-12-28(33)23-25-40(41)53-39/h3-27H,1-2H3. The van der Waals surface area contributed by atoms with E-state index in [-0.39, 0.29) is 5.69 Å². The Labute approximate surface area is 304 Å². The Kier molecular flexibility index (Phi) is 6.94. The van der Waals surface area contributed by atoms with Gasteiger partial charge in [0.15, 0.2) is 17.5 Å². The second-order valence-electron chi connectivity index (χ2n) is 13.3. The van der Waals surface area contributed by atoms with Crippen molar-refractivity contribution in [2.75, 3.05) is 0 Å². The zero-order valence-electron chi connectivity index (χ0n) is 29.0. The first-order chi connectivity index (χ1) is 26.0. The first-order valence-electron chi connectivity index (χ1n) is 17.5. The predicted octanol–water partition coefficient (Wildman–Crippen LogP) is 10.4. The van der Waals surface area contributed by atoms with E-state index in [4.69, 9.17) is 19.4 Å². The maximum absolute atomic E-state index is 12.6. The molecule has 0 unspecified atom stereocenters. The lowest BCUT2D eigenvalue weighted by Gasteiger charge is -2.13. The highest BCUT2D eigenvalue weighted by Gasteiger charge is 2.20. The van der Waals surface area contributed by atoms with E-state index in [1.54, 1.807) is 23.2 Å². The summed E-state index contributed by atoms with van der Waals surface area (Å²) in [7, 11) is 3.60. The Balaban J connectivity index is 1.17. The average molecular weight is 686 g/mol. The second-order valence-corrected chi connectivity index (χ2v) is 13.3. The molecule has 0 N–H and O–H groups in total. The number of nitrogens with zero attached hydrogens (tertiary/aromatic N) is 5. The maximum Gasteiger partial charge on any atom is 0.328 e. The van der Waals surface area contributed by atoms with Crippen molar-refractivity contribution in [1.82, 2.24) is 24.1 Å². The lowest BCUT2D eigenvalue weighted by molar-refractivity contribution is 0.669. The highest BCUT2D eigenvalue weighted by atomic mass is 16.3. The third-order valence-electron chi connectivity index (χ3n) is 10.2. The minimum Gasteiger partial charge on any atom is -0.456 e. The molecule has 0 bridgehead atoms. The molecule has 0 saturated heterocycles. The molecule has 53 heavy (non-hydrogen) atoms. The maximum atomic E-state index is 12.6. The number of benzene rings is 7. The van der Waals surface area contributed by atoms with Gasteiger partial charge in [0.25, 0.3) is 0 Å². The highest BCUT2D eigenvalue weighted by Crippen LogP contribution is 2.42. The summed E-state index contributed by atoms with van der Waals surface area (Å²) in [5.41, 5.74) is 10.1. The zero-order chi connectivity index (χ0) is 35.6. The van der Waals surface area contributed by atoms with Crippen LogP contribution in [0.25, 0.3) is 100 Å². The van der Waals surface area contributed by atoms with Crippen molar-refractivity contribution >= 4 is 43.7 Å². The Morgan fingerprint density at radius 3 is 1.94 bits per heavy atom. The van der Waals surface area contributed by atoms with Crippen molar-refractivity contribution in [3.05, 3.63) is 162 Å². The molecule has 0 aliphatic rings. The summed E-state index contributed by atoms with van der Waals surface area (Å²) in [5, 5.41) is 4.46. The summed E-state index contributed by atoms with van der Waals surface area (Å²) < 4.78 is 9.80. The number of fused-ring (bicyclic) bond motifs is 6. The third kappa shape index (κ3) is 4.97. The Morgan fingerprint density at radius 2 is 1.08 bits per heavy atom. The van der Waals surface area contributed by atoms with E-state index < -0.39 is 0 Å². The lowest BCUT2D eigenvalue weighted by Crippen LogP contribution is -2.19. The van der Waals surface area contributed by atoms with Crippen molar-refractivity contribution in [2.45, 2.75) is 0 Å². The Hall–Kier alpha value is -7.12. The van der Waals surface area contributed by atoms with E-state index in [0.717, 1.165) is 82.7 Å². The first-order valence-corrected chi connectivity index (χ1v) is 17.5. The summed E-state index contributed by atoms with van der Waals surface area (Å²) in [4.78, 5) is 28.0. The molecule has 0 aliphatic heterocycles. The van der Waals surface area contributed by atoms with Crippen LogP contribution in [0.5, 0.6) is 0 Å². The van der Waals surface area contributed by atoms with Crippen molar-refractivity contribution in [3.63, 3.8) is 0 Å². The van der Waals surface area contributed by atoms with Crippen LogP contribution in [0.1, 0.15) is 0 Å². The number of rotatable bonds is 5. The number of furan rings is 1. The summed E-state index contributed by atoms with van der Waals surface area (Å²) in [6, 6.07) is 51.5. The average Bonchev–Trinajstić information content (AvgIpc) is 3.72. The molecular weight excluding hydrogens is 655 g/mol. The Bertz CT molecular complexity index is 3120. The first kappa shape index (κ1) is 30.7. The largest absolute Gasteiger partial charge is 0.456 e. The minimum atomic E-state index is -0.0529. The molecule has 3 heterocycles. The van der Waals surface area contributed by atoms with Crippen LogP contribution in [0.15, 0.2) is 161 Å². The molecule has 0 saturated carbocycles. The van der Waals surface area contributed by atoms with Crippen LogP contribution in [-0.2, 0) is 14.1 Å². The lowest BCUT2D eigenvalue weighted by atomic mass is 9.93. The van der Waals surface area contributed by atoms with Gasteiger partial charge >= 0.3 is 5.69 Å². The number of imidazole rings is 1. The van der Waals surface area contributed by atoms with Crippen molar-refractivity contribution in [1.29, 1.82) is 0 Å². The molecule has 0 radical (unpaired) electrons. The van der Waals surface area contributed by atoms with Crippen LogP contribution in [-0.4, -0.2) is 24.1 Å². The monoisotopic (exact) mass is 685 g/mol.